The van der Waals surface area contributed by atoms with Crippen molar-refractivity contribution in [3.63, 3.8) is 0 Å². The second-order valence-electron chi connectivity index (χ2n) is 10.6. The van der Waals surface area contributed by atoms with Crippen LogP contribution in [0.1, 0.15) is 43.0 Å². The van der Waals surface area contributed by atoms with Gasteiger partial charge in [0.15, 0.2) is 0 Å². The van der Waals surface area contributed by atoms with Gasteiger partial charge in [0.2, 0.25) is 11.6 Å². The minimum absolute atomic E-state index is 0.0886. The molecule has 1 aliphatic rings. The van der Waals surface area contributed by atoms with Crippen molar-refractivity contribution in [1.82, 2.24) is 0 Å². The average molecular weight is 653 g/mol. The van der Waals surface area contributed by atoms with Crippen LogP contribution in [0.15, 0.2) is 70.6 Å². The quantitative estimate of drug-likeness (QED) is 0.0733. The summed E-state index contributed by atoms with van der Waals surface area (Å²) in [6.07, 6.45) is 3.36. The van der Waals surface area contributed by atoms with E-state index in [1.165, 1.54) is 12.1 Å². The number of ether oxygens (including phenoxy) is 4. The number of fused-ring (bicyclic) bond motifs is 2. The molecular formula is C36H36N4O8. The Labute approximate surface area is 277 Å². The van der Waals surface area contributed by atoms with E-state index in [2.05, 4.69) is 20.6 Å². The van der Waals surface area contributed by atoms with Gasteiger partial charge in [0.25, 0.3) is 0 Å². The van der Waals surface area contributed by atoms with Crippen molar-refractivity contribution in [3.05, 3.63) is 94.0 Å². The van der Waals surface area contributed by atoms with Crippen LogP contribution in [0.4, 0.5) is 11.4 Å². The number of nitrogens with zero attached hydrogens (tertiary/aromatic N) is 2. The molecule has 0 saturated carbocycles. The Kier molecular flexibility index (Phi) is 10.4. The van der Waals surface area contributed by atoms with Gasteiger partial charge in [0.1, 0.15) is 34.5 Å². The zero-order valence-electron chi connectivity index (χ0n) is 27.0. The second kappa shape index (κ2) is 15.0. The zero-order chi connectivity index (χ0) is 34.2. The SMILES string of the molecule is COc1ccc(C=NCCNc2ccc(NCCN=Cc3ccc(OC)cc3OC)c3c2C(=O)c2c(O)ccc(O)c2C3=O)c(OC)c1. The van der Waals surface area contributed by atoms with E-state index in [0.717, 1.165) is 11.1 Å². The van der Waals surface area contributed by atoms with Crippen LogP contribution in [0, 0.1) is 0 Å². The van der Waals surface area contributed by atoms with E-state index in [1.807, 2.05) is 24.3 Å². The monoisotopic (exact) mass is 652 g/mol. The molecule has 0 fully saturated rings. The molecule has 0 atom stereocenters. The Morgan fingerprint density at radius 2 is 1.00 bits per heavy atom. The molecule has 0 amide bonds. The molecule has 0 unspecified atom stereocenters. The summed E-state index contributed by atoms with van der Waals surface area (Å²) in [5, 5.41) is 27.5. The first-order valence-electron chi connectivity index (χ1n) is 15.0. The maximum Gasteiger partial charge on any atom is 0.200 e. The third-order valence-corrected chi connectivity index (χ3v) is 7.73. The number of benzene rings is 4. The van der Waals surface area contributed by atoms with Crippen LogP contribution in [0.3, 0.4) is 0 Å². The van der Waals surface area contributed by atoms with Gasteiger partial charge in [-0.15, -0.1) is 0 Å². The minimum atomic E-state index is -0.588. The summed E-state index contributed by atoms with van der Waals surface area (Å²) in [5.41, 5.74) is 2.02. The number of nitrogens with one attached hydrogen (secondary N) is 2. The van der Waals surface area contributed by atoms with Crippen LogP contribution >= 0.6 is 0 Å². The summed E-state index contributed by atoms with van der Waals surface area (Å²) in [5.74, 6) is 0.590. The lowest BCUT2D eigenvalue weighted by atomic mass is 9.81. The predicted molar refractivity (Wildman–Crippen MR) is 184 cm³/mol. The van der Waals surface area contributed by atoms with Crippen molar-refractivity contribution in [2.75, 3.05) is 65.3 Å². The van der Waals surface area contributed by atoms with Crippen molar-refractivity contribution in [3.8, 4) is 34.5 Å². The predicted octanol–water partition coefficient (Wildman–Crippen LogP) is 4.97. The summed E-state index contributed by atoms with van der Waals surface area (Å²) in [7, 11) is 6.29. The molecule has 0 aromatic heterocycles. The fourth-order valence-corrected chi connectivity index (χ4v) is 5.35. The van der Waals surface area contributed by atoms with Crippen molar-refractivity contribution in [2.45, 2.75) is 0 Å². The van der Waals surface area contributed by atoms with Gasteiger partial charge in [0, 0.05) is 60.2 Å². The van der Waals surface area contributed by atoms with E-state index in [9.17, 15) is 19.8 Å². The summed E-state index contributed by atoms with van der Waals surface area (Å²) in [6.45, 7) is 1.34. The van der Waals surface area contributed by atoms with Gasteiger partial charge in [-0.3, -0.25) is 19.6 Å². The Morgan fingerprint density at radius 3 is 1.38 bits per heavy atom. The molecule has 4 aromatic carbocycles. The fourth-order valence-electron chi connectivity index (χ4n) is 5.35. The Balaban J connectivity index is 1.35. The van der Waals surface area contributed by atoms with Gasteiger partial charge in [-0.25, -0.2) is 0 Å². The number of carbonyl (C=O) groups excluding carboxylic acids is 2. The highest BCUT2D eigenvalue weighted by molar-refractivity contribution is 6.33. The number of methoxy groups -OCH3 is 4. The smallest absolute Gasteiger partial charge is 0.200 e. The Morgan fingerprint density at radius 1 is 0.583 bits per heavy atom. The summed E-state index contributed by atoms with van der Waals surface area (Å²) < 4.78 is 21.3. The minimum Gasteiger partial charge on any atom is -0.507 e. The molecule has 4 aromatic rings. The highest BCUT2D eigenvalue weighted by Crippen LogP contribution is 2.42. The van der Waals surface area contributed by atoms with Crippen LogP contribution in [-0.4, -0.2) is 88.8 Å². The average Bonchev–Trinajstić information content (AvgIpc) is 3.11. The maximum absolute atomic E-state index is 13.8. The molecule has 0 spiro atoms. The van der Waals surface area contributed by atoms with Gasteiger partial charge < -0.3 is 39.8 Å². The number of ketones is 2. The van der Waals surface area contributed by atoms with Gasteiger partial charge in [-0.05, 0) is 48.5 Å². The molecule has 248 valence electrons. The molecule has 48 heavy (non-hydrogen) atoms. The molecule has 0 heterocycles. The summed E-state index contributed by atoms with van der Waals surface area (Å²) >= 11 is 0. The van der Waals surface area contributed by atoms with Crippen LogP contribution in [0.5, 0.6) is 34.5 Å². The first kappa shape index (κ1) is 33.3. The number of aromatic hydroxyl groups is 2. The van der Waals surface area contributed by atoms with Gasteiger partial charge in [-0.2, -0.15) is 0 Å². The van der Waals surface area contributed by atoms with Crippen LogP contribution in [-0.2, 0) is 0 Å². The van der Waals surface area contributed by atoms with Crippen LogP contribution in [0.2, 0.25) is 0 Å². The fraction of sp³-hybridized carbons (Fsp3) is 0.222. The lowest BCUT2D eigenvalue weighted by Gasteiger charge is -2.24. The van der Waals surface area contributed by atoms with Crippen molar-refractivity contribution < 1.29 is 38.7 Å². The van der Waals surface area contributed by atoms with Gasteiger partial charge in [0.05, 0.1) is 63.8 Å². The van der Waals surface area contributed by atoms with E-state index in [0.29, 0.717) is 60.6 Å². The number of phenols is 2. The molecule has 1 aliphatic carbocycles. The van der Waals surface area contributed by atoms with E-state index < -0.39 is 23.1 Å². The first-order chi connectivity index (χ1) is 23.3. The first-order valence-corrected chi connectivity index (χ1v) is 15.0. The standard InChI is InChI=1S/C36H36N4O8/c1-45-23-7-5-21(29(17-23)47-3)19-37-13-15-39-25-9-10-26(40-16-14-38-20-22-6-8-24(46-2)18-30(22)48-4)32-31(25)35(43)33-27(41)11-12-28(42)34(33)36(32)44/h5-12,17-20,39-42H,13-16H2,1-4H3. The molecule has 0 aliphatic heterocycles. The molecule has 0 bridgehead atoms. The van der Waals surface area contributed by atoms with E-state index in [4.69, 9.17) is 18.9 Å². The number of anilines is 2. The number of hydrogen-bond acceptors (Lipinski definition) is 12. The van der Waals surface area contributed by atoms with Crippen LogP contribution < -0.4 is 29.6 Å². The molecule has 12 nitrogen and oxygen atoms in total. The van der Waals surface area contributed by atoms with Gasteiger partial charge >= 0.3 is 0 Å². The maximum atomic E-state index is 13.8. The molecule has 5 rings (SSSR count). The van der Waals surface area contributed by atoms with Gasteiger partial charge in [-0.1, -0.05) is 0 Å². The van der Waals surface area contributed by atoms with Crippen molar-refractivity contribution in [2.24, 2.45) is 9.98 Å². The number of aliphatic imine (C=N–C) groups is 2. The lowest BCUT2D eigenvalue weighted by Crippen LogP contribution is -2.25. The second-order valence-corrected chi connectivity index (χ2v) is 10.6. The molecule has 0 saturated heterocycles. The Hall–Kier alpha value is -6.04. The zero-order valence-corrected chi connectivity index (χ0v) is 27.0. The van der Waals surface area contributed by atoms with E-state index in [-0.39, 0.29) is 22.3 Å². The third kappa shape index (κ3) is 6.87. The number of hydrogen-bond donors (Lipinski definition) is 4. The molecule has 4 N–H and O–H groups in total. The Bertz CT molecular complexity index is 1770. The normalized spacial score (nSPS) is 12.2. The van der Waals surface area contributed by atoms with Crippen LogP contribution in [0.25, 0.3) is 0 Å². The number of carbonyl (C=O) groups is 2. The molecular weight excluding hydrogens is 616 g/mol. The summed E-state index contributed by atoms with van der Waals surface area (Å²) in [6, 6.07) is 16.6. The molecule has 12 heteroatoms. The third-order valence-electron chi connectivity index (χ3n) is 7.73. The highest BCUT2D eigenvalue weighted by atomic mass is 16.5. The number of rotatable bonds is 14. The molecule has 0 radical (unpaired) electrons. The summed E-state index contributed by atoms with van der Waals surface area (Å²) in [4.78, 5) is 36.6. The van der Waals surface area contributed by atoms with E-state index >= 15 is 0 Å². The van der Waals surface area contributed by atoms with Crippen molar-refractivity contribution >= 4 is 35.4 Å². The highest BCUT2D eigenvalue weighted by Gasteiger charge is 2.37. The van der Waals surface area contributed by atoms with E-state index in [1.54, 1.807) is 65.1 Å². The lowest BCUT2D eigenvalue weighted by molar-refractivity contribution is 0.0975. The number of phenolic OH excluding ortho intramolecular Hbond substituents is 2. The topological polar surface area (TPSA) is 160 Å². The van der Waals surface area contributed by atoms with Crippen molar-refractivity contribution in [1.29, 1.82) is 0 Å². The largest absolute Gasteiger partial charge is 0.507 e.